The topological polar surface area (TPSA) is 24.9 Å². The molecule has 1 aromatic heterocycles. The normalized spacial score (nSPS) is 14.6. The third kappa shape index (κ3) is 4.00. The smallest absolute Gasteiger partial charge is 0.107 e. The summed E-state index contributed by atoms with van der Waals surface area (Å²) >= 11 is 1.80. The molecule has 0 bridgehead atoms. The van der Waals surface area contributed by atoms with Crippen molar-refractivity contribution in [3.8, 4) is 10.4 Å². The van der Waals surface area contributed by atoms with Crippen molar-refractivity contribution in [3.05, 3.63) is 65.3 Å². The first kappa shape index (κ1) is 16.5. The Morgan fingerprint density at radius 3 is 2.88 bits per heavy atom. The molecule has 4 rings (SSSR count). The maximum absolute atomic E-state index is 4.63. The Labute approximate surface area is 153 Å². The van der Waals surface area contributed by atoms with Crippen LogP contribution in [0, 0.1) is 0 Å². The van der Waals surface area contributed by atoms with Crippen LogP contribution in [-0.4, -0.2) is 11.5 Å². The zero-order valence-corrected chi connectivity index (χ0v) is 15.3. The fourth-order valence-corrected chi connectivity index (χ4v) is 4.46. The first-order valence-corrected chi connectivity index (χ1v) is 10.0. The van der Waals surface area contributed by atoms with Crippen LogP contribution in [-0.2, 0) is 6.54 Å². The summed E-state index contributed by atoms with van der Waals surface area (Å²) in [6.45, 7) is 1.91. The van der Waals surface area contributed by atoms with E-state index in [0.717, 1.165) is 13.1 Å². The molecule has 1 N–H and O–H groups in total. The molecule has 0 saturated carbocycles. The standard InChI is InChI=1S/C22H24N2S/c1-2-7-17(8-3-1)13-14-23-16-22-24-15-21(25-22)20-12-6-10-18-9-4-5-11-19(18)20/h4-7,9-12,15,23H,1-3,8,13-14,16H2. The second-order valence-electron chi connectivity index (χ2n) is 6.68. The molecule has 128 valence electrons. The second kappa shape index (κ2) is 7.94. The molecule has 2 nitrogen and oxygen atoms in total. The third-order valence-corrected chi connectivity index (χ3v) is 5.92. The molecule has 0 amide bonds. The summed E-state index contributed by atoms with van der Waals surface area (Å²) in [7, 11) is 0. The van der Waals surface area contributed by atoms with Gasteiger partial charge in [-0.15, -0.1) is 11.3 Å². The highest BCUT2D eigenvalue weighted by Gasteiger charge is 2.08. The Morgan fingerprint density at radius 1 is 1.04 bits per heavy atom. The molecule has 0 fully saturated rings. The van der Waals surface area contributed by atoms with E-state index in [9.17, 15) is 0 Å². The van der Waals surface area contributed by atoms with Gasteiger partial charge in [-0.1, -0.05) is 54.1 Å². The van der Waals surface area contributed by atoms with Gasteiger partial charge in [0.1, 0.15) is 5.01 Å². The number of allylic oxidation sites excluding steroid dienone is 1. The first-order valence-electron chi connectivity index (χ1n) is 9.21. The van der Waals surface area contributed by atoms with Gasteiger partial charge in [-0.3, -0.25) is 0 Å². The van der Waals surface area contributed by atoms with Gasteiger partial charge in [0.25, 0.3) is 0 Å². The van der Waals surface area contributed by atoms with Crippen molar-refractivity contribution < 1.29 is 0 Å². The number of fused-ring (bicyclic) bond motifs is 1. The number of nitrogens with zero attached hydrogens (tertiary/aromatic N) is 1. The molecular weight excluding hydrogens is 324 g/mol. The van der Waals surface area contributed by atoms with Gasteiger partial charge < -0.3 is 5.32 Å². The Balaban J connectivity index is 1.39. The maximum Gasteiger partial charge on any atom is 0.107 e. The Morgan fingerprint density at radius 2 is 1.96 bits per heavy atom. The minimum absolute atomic E-state index is 0.864. The molecule has 3 heteroatoms. The van der Waals surface area contributed by atoms with Gasteiger partial charge >= 0.3 is 0 Å². The minimum Gasteiger partial charge on any atom is -0.310 e. The van der Waals surface area contributed by atoms with Crippen molar-refractivity contribution in [1.82, 2.24) is 10.3 Å². The third-order valence-electron chi connectivity index (χ3n) is 4.89. The van der Waals surface area contributed by atoms with E-state index in [0.29, 0.717) is 0 Å². The fraction of sp³-hybridized carbons (Fsp3) is 0.318. The van der Waals surface area contributed by atoms with Crippen molar-refractivity contribution in [2.24, 2.45) is 0 Å². The van der Waals surface area contributed by atoms with Gasteiger partial charge in [-0.2, -0.15) is 0 Å². The van der Waals surface area contributed by atoms with Crippen molar-refractivity contribution in [2.75, 3.05) is 6.54 Å². The largest absolute Gasteiger partial charge is 0.310 e. The summed E-state index contributed by atoms with van der Waals surface area (Å²) in [6.07, 6.45) is 10.9. The molecule has 0 unspecified atom stereocenters. The number of hydrogen-bond acceptors (Lipinski definition) is 3. The Hall–Kier alpha value is -1.97. The average Bonchev–Trinajstić information content (AvgIpc) is 3.14. The van der Waals surface area contributed by atoms with Crippen LogP contribution in [0.3, 0.4) is 0 Å². The van der Waals surface area contributed by atoms with Crippen LogP contribution < -0.4 is 5.32 Å². The molecule has 1 aliphatic rings. The molecule has 0 spiro atoms. The lowest BCUT2D eigenvalue weighted by atomic mass is 9.97. The van der Waals surface area contributed by atoms with Gasteiger partial charge in [-0.25, -0.2) is 4.98 Å². The van der Waals surface area contributed by atoms with E-state index in [-0.39, 0.29) is 0 Å². The molecule has 0 atom stereocenters. The van der Waals surface area contributed by atoms with E-state index in [1.807, 2.05) is 6.20 Å². The van der Waals surface area contributed by atoms with Gasteiger partial charge in [-0.05, 0) is 49.4 Å². The number of nitrogens with one attached hydrogen (secondary N) is 1. The fourth-order valence-electron chi connectivity index (χ4n) is 3.53. The molecule has 1 heterocycles. The maximum atomic E-state index is 4.63. The lowest BCUT2D eigenvalue weighted by molar-refractivity contribution is 0.631. The van der Waals surface area contributed by atoms with Gasteiger partial charge in [0.2, 0.25) is 0 Å². The molecule has 3 aromatic rings. The van der Waals surface area contributed by atoms with Gasteiger partial charge in [0.15, 0.2) is 0 Å². The lowest BCUT2D eigenvalue weighted by Crippen LogP contribution is -2.15. The monoisotopic (exact) mass is 348 g/mol. The van der Waals surface area contributed by atoms with E-state index in [4.69, 9.17) is 0 Å². The molecular formula is C22H24N2S. The second-order valence-corrected chi connectivity index (χ2v) is 7.80. The number of hydrogen-bond donors (Lipinski definition) is 1. The number of aromatic nitrogens is 1. The van der Waals surface area contributed by atoms with Crippen molar-refractivity contribution in [3.63, 3.8) is 0 Å². The van der Waals surface area contributed by atoms with Crippen LogP contribution >= 0.6 is 11.3 Å². The van der Waals surface area contributed by atoms with Crippen LogP contribution in [0.1, 0.15) is 37.1 Å². The Kier molecular flexibility index (Phi) is 5.24. The highest BCUT2D eigenvalue weighted by molar-refractivity contribution is 7.15. The minimum atomic E-state index is 0.864. The summed E-state index contributed by atoms with van der Waals surface area (Å²) in [5.41, 5.74) is 2.92. The van der Waals surface area contributed by atoms with Gasteiger partial charge in [0, 0.05) is 18.3 Å². The summed E-state index contributed by atoms with van der Waals surface area (Å²) in [4.78, 5) is 5.88. The van der Waals surface area contributed by atoms with Crippen molar-refractivity contribution >= 4 is 22.1 Å². The summed E-state index contributed by atoms with van der Waals surface area (Å²) in [6, 6.07) is 15.1. The SMILES string of the molecule is C1=C(CCNCc2ncc(-c3cccc4ccccc34)s2)CCCC1. The highest BCUT2D eigenvalue weighted by atomic mass is 32.1. The highest BCUT2D eigenvalue weighted by Crippen LogP contribution is 2.32. The van der Waals surface area contributed by atoms with E-state index in [2.05, 4.69) is 58.8 Å². The van der Waals surface area contributed by atoms with E-state index in [1.54, 1.807) is 16.9 Å². The average molecular weight is 349 g/mol. The predicted molar refractivity (Wildman–Crippen MR) is 108 cm³/mol. The lowest BCUT2D eigenvalue weighted by Gasteiger charge is -2.12. The van der Waals surface area contributed by atoms with Crippen LogP contribution in [0.25, 0.3) is 21.2 Å². The first-order chi connectivity index (χ1) is 12.4. The molecule has 25 heavy (non-hydrogen) atoms. The van der Waals surface area contributed by atoms with Crippen LogP contribution in [0.5, 0.6) is 0 Å². The molecule has 0 aliphatic heterocycles. The van der Waals surface area contributed by atoms with E-state index >= 15 is 0 Å². The zero-order chi connectivity index (χ0) is 16.9. The summed E-state index contributed by atoms with van der Waals surface area (Å²) < 4.78 is 0. The molecule has 2 aromatic carbocycles. The van der Waals surface area contributed by atoms with E-state index < -0.39 is 0 Å². The number of benzene rings is 2. The quantitative estimate of drug-likeness (QED) is 0.440. The molecule has 0 radical (unpaired) electrons. The summed E-state index contributed by atoms with van der Waals surface area (Å²) in [5.74, 6) is 0. The zero-order valence-electron chi connectivity index (χ0n) is 14.5. The molecule has 1 aliphatic carbocycles. The predicted octanol–water partition coefficient (Wildman–Crippen LogP) is 5.94. The van der Waals surface area contributed by atoms with Gasteiger partial charge in [0.05, 0.1) is 4.88 Å². The number of rotatable bonds is 6. The Bertz CT molecular complexity index is 873. The molecule has 0 saturated heterocycles. The van der Waals surface area contributed by atoms with E-state index in [1.165, 1.54) is 58.3 Å². The van der Waals surface area contributed by atoms with Crippen molar-refractivity contribution in [2.45, 2.75) is 38.6 Å². The van der Waals surface area contributed by atoms with Crippen LogP contribution in [0.2, 0.25) is 0 Å². The van der Waals surface area contributed by atoms with Crippen LogP contribution in [0.4, 0.5) is 0 Å². The van der Waals surface area contributed by atoms with Crippen molar-refractivity contribution in [1.29, 1.82) is 0 Å². The number of thiazole rings is 1. The van der Waals surface area contributed by atoms with Crippen LogP contribution in [0.15, 0.2) is 60.3 Å². The summed E-state index contributed by atoms with van der Waals surface area (Å²) in [5, 5.41) is 7.31.